The predicted molar refractivity (Wildman–Crippen MR) is 78.5 cm³/mol. The maximum atomic E-state index is 4.64. The Morgan fingerprint density at radius 2 is 2.26 bits per heavy atom. The minimum atomic E-state index is 0.654. The lowest BCUT2D eigenvalue weighted by atomic mass is 10.2. The van der Waals surface area contributed by atoms with Crippen molar-refractivity contribution >= 4 is 28.3 Å². The number of aromatic amines is 1. The van der Waals surface area contributed by atoms with Crippen molar-refractivity contribution in [2.75, 3.05) is 11.9 Å². The number of hydrogen-bond acceptors (Lipinski definition) is 5. The molecule has 0 aliphatic rings. The minimum Gasteiger partial charge on any atom is -0.354 e. The van der Waals surface area contributed by atoms with Crippen molar-refractivity contribution < 1.29 is 0 Å². The van der Waals surface area contributed by atoms with Gasteiger partial charge in [0.2, 0.25) is 5.95 Å². The number of H-pyrrole nitrogens is 1. The maximum absolute atomic E-state index is 4.64. The molecule has 98 valence electrons. The van der Waals surface area contributed by atoms with Crippen molar-refractivity contribution in [1.82, 2.24) is 20.2 Å². The molecule has 3 rings (SSSR count). The molecular weight excluding hydrogens is 258 g/mol. The zero-order chi connectivity index (χ0) is 13.2. The summed E-state index contributed by atoms with van der Waals surface area (Å²) in [5, 5.41) is 13.3. The summed E-state index contributed by atoms with van der Waals surface area (Å²) in [6.45, 7) is 5.08. The number of aromatic nitrogens is 4. The molecule has 0 radical (unpaired) electrons. The molecule has 0 saturated heterocycles. The van der Waals surface area contributed by atoms with Crippen molar-refractivity contribution in [2.24, 2.45) is 0 Å². The number of rotatable bonds is 4. The molecule has 0 aliphatic heterocycles. The fraction of sp³-hybridized carbons (Fsp3) is 0.308. The average Bonchev–Trinajstić information content (AvgIpc) is 3.03. The van der Waals surface area contributed by atoms with Crippen LogP contribution in [-0.2, 0) is 0 Å². The van der Waals surface area contributed by atoms with Crippen LogP contribution >= 0.6 is 11.3 Å². The monoisotopic (exact) mass is 273 g/mol. The van der Waals surface area contributed by atoms with Gasteiger partial charge in [-0.25, -0.2) is 4.98 Å². The lowest BCUT2D eigenvalue weighted by Gasteiger charge is -2.06. The van der Waals surface area contributed by atoms with Crippen LogP contribution in [0, 0.1) is 6.92 Å². The molecule has 19 heavy (non-hydrogen) atoms. The van der Waals surface area contributed by atoms with Crippen LogP contribution in [0.15, 0.2) is 17.6 Å². The van der Waals surface area contributed by atoms with Gasteiger partial charge in [-0.1, -0.05) is 6.92 Å². The molecule has 0 unspecified atom stereocenters. The Labute approximate surface area is 115 Å². The van der Waals surface area contributed by atoms with Crippen molar-refractivity contribution in [1.29, 1.82) is 0 Å². The molecular formula is C13H15N5S. The van der Waals surface area contributed by atoms with E-state index in [9.17, 15) is 0 Å². The zero-order valence-corrected chi connectivity index (χ0v) is 11.7. The van der Waals surface area contributed by atoms with E-state index in [-0.39, 0.29) is 0 Å². The Morgan fingerprint density at radius 3 is 3.00 bits per heavy atom. The van der Waals surface area contributed by atoms with E-state index in [1.165, 1.54) is 10.4 Å². The highest BCUT2D eigenvalue weighted by atomic mass is 32.1. The van der Waals surface area contributed by atoms with Crippen LogP contribution in [0.5, 0.6) is 0 Å². The third-order valence-corrected chi connectivity index (χ3v) is 3.94. The van der Waals surface area contributed by atoms with Crippen LogP contribution in [-0.4, -0.2) is 26.7 Å². The number of aryl methyl sites for hydroxylation is 1. The number of fused-ring (bicyclic) bond motifs is 1. The van der Waals surface area contributed by atoms with E-state index in [0.717, 1.165) is 29.7 Å². The van der Waals surface area contributed by atoms with Gasteiger partial charge in [0.1, 0.15) is 0 Å². The number of hydrogen-bond donors (Lipinski definition) is 2. The van der Waals surface area contributed by atoms with Crippen LogP contribution < -0.4 is 5.32 Å². The van der Waals surface area contributed by atoms with Crippen molar-refractivity contribution in [2.45, 2.75) is 20.3 Å². The van der Waals surface area contributed by atoms with Gasteiger partial charge in [-0.15, -0.1) is 11.3 Å². The van der Waals surface area contributed by atoms with Gasteiger partial charge in [0.05, 0.1) is 22.2 Å². The average molecular weight is 273 g/mol. The first kappa shape index (κ1) is 12.1. The second-order valence-corrected chi connectivity index (χ2v) is 5.30. The summed E-state index contributed by atoms with van der Waals surface area (Å²) < 4.78 is 0. The molecule has 3 aromatic heterocycles. The third-order valence-electron chi connectivity index (χ3n) is 2.92. The molecule has 0 amide bonds. The minimum absolute atomic E-state index is 0.654. The second kappa shape index (κ2) is 4.97. The molecule has 0 saturated carbocycles. The first-order chi connectivity index (χ1) is 9.29. The second-order valence-electron chi connectivity index (χ2n) is 4.39. The highest BCUT2D eigenvalue weighted by Crippen LogP contribution is 2.32. The molecule has 5 nitrogen and oxygen atoms in total. The van der Waals surface area contributed by atoms with E-state index < -0.39 is 0 Å². The Kier molecular flexibility index (Phi) is 3.16. The molecule has 0 atom stereocenters. The summed E-state index contributed by atoms with van der Waals surface area (Å²) in [6, 6.07) is 2.10. The van der Waals surface area contributed by atoms with Crippen molar-refractivity contribution in [3.63, 3.8) is 0 Å². The van der Waals surface area contributed by atoms with E-state index in [1.54, 1.807) is 17.5 Å². The quantitative estimate of drug-likeness (QED) is 0.766. The largest absolute Gasteiger partial charge is 0.354 e. The third kappa shape index (κ3) is 2.19. The van der Waals surface area contributed by atoms with E-state index in [1.807, 2.05) is 0 Å². The van der Waals surface area contributed by atoms with Crippen LogP contribution in [0.2, 0.25) is 0 Å². The van der Waals surface area contributed by atoms with Gasteiger partial charge in [0.25, 0.3) is 0 Å². The van der Waals surface area contributed by atoms with Crippen LogP contribution in [0.4, 0.5) is 5.95 Å². The van der Waals surface area contributed by atoms with E-state index in [0.29, 0.717) is 5.95 Å². The smallest absolute Gasteiger partial charge is 0.225 e. The van der Waals surface area contributed by atoms with Crippen molar-refractivity contribution in [3.8, 4) is 10.6 Å². The predicted octanol–water partition coefficient (Wildman–Crippen LogP) is 3.21. The Morgan fingerprint density at radius 1 is 1.37 bits per heavy atom. The summed E-state index contributed by atoms with van der Waals surface area (Å²) in [5.41, 5.74) is 2.95. The van der Waals surface area contributed by atoms with E-state index in [2.05, 4.69) is 50.8 Å². The summed E-state index contributed by atoms with van der Waals surface area (Å²) in [6.07, 6.45) is 2.82. The maximum Gasteiger partial charge on any atom is 0.225 e. The van der Waals surface area contributed by atoms with E-state index in [4.69, 9.17) is 0 Å². The summed E-state index contributed by atoms with van der Waals surface area (Å²) in [7, 11) is 0. The highest BCUT2D eigenvalue weighted by Gasteiger charge is 2.13. The van der Waals surface area contributed by atoms with Gasteiger partial charge in [-0.2, -0.15) is 10.1 Å². The molecule has 3 aromatic rings. The van der Waals surface area contributed by atoms with Gasteiger partial charge >= 0.3 is 0 Å². The van der Waals surface area contributed by atoms with Crippen LogP contribution in [0.1, 0.15) is 18.9 Å². The summed E-state index contributed by atoms with van der Waals surface area (Å²) in [5.74, 6) is 0.654. The first-order valence-electron chi connectivity index (χ1n) is 6.29. The first-order valence-corrected chi connectivity index (χ1v) is 7.17. The highest BCUT2D eigenvalue weighted by molar-refractivity contribution is 7.13. The van der Waals surface area contributed by atoms with Gasteiger partial charge < -0.3 is 5.32 Å². The standard InChI is InChI=1S/C13H15N5S/c1-3-5-14-13-16-10(11-8(2)4-6-19-11)9-7-15-18-12(9)17-13/h4,6-7H,3,5H2,1-2H3,(H2,14,15,16,17,18). The Bertz CT molecular complexity index is 700. The molecule has 6 heteroatoms. The fourth-order valence-electron chi connectivity index (χ4n) is 1.94. The summed E-state index contributed by atoms with van der Waals surface area (Å²) >= 11 is 1.69. The van der Waals surface area contributed by atoms with Gasteiger partial charge in [-0.3, -0.25) is 5.10 Å². The number of nitrogens with one attached hydrogen (secondary N) is 2. The molecule has 0 spiro atoms. The normalized spacial score (nSPS) is 11.1. The van der Waals surface area contributed by atoms with Gasteiger partial charge in [0, 0.05) is 6.54 Å². The Balaban J connectivity index is 2.16. The topological polar surface area (TPSA) is 66.5 Å². The Hall–Kier alpha value is -1.95. The van der Waals surface area contributed by atoms with Crippen LogP contribution in [0.3, 0.4) is 0 Å². The molecule has 0 aliphatic carbocycles. The zero-order valence-electron chi connectivity index (χ0n) is 10.9. The molecule has 2 N–H and O–H groups in total. The van der Waals surface area contributed by atoms with Gasteiger partial charge in [-0.05, 0) is 30.4 Å². The number of anilines is 1. The van der Waals surface area contributed by atoms with Crippen molar-refractivity contribution in [3.05, 3.63) is 23.2 Å². The number of thiophene rings is 1. The lowest BCUT2D eigenvalue weighted by molar-refractivity contribution is 0.955. The molecule has 3 heterocycles. The summed E-state index contributed by atoms with van der Waals surface area (Å²) in [4.78, 5) is 10.3. The molecule has 0 aromatic carbocycles. The fourth-order valence-corrected chi connectivity index (χ4v) is 2.87. The molecule has 0 bridgehead atoms. The molecule has 0 fully saturated rings. The SMILES string of the molecule is CCCNc1nc(-c2sccc2C)c2cn[nH]c2n1. The lowest BCUT2D eigenvalue weighted by Crippen LogP contribution is -2.05. The van der Waals surface area contributed by atoms with E-state index >= 15 is 0 Å². The van der Waals surface area contributed by atoms with Crippen LogP contribution in [0.25, 0.3) is 21.6 Å². The van der Waals surface area contributed by atoms with Gasteiger partial charge in [0.15, 0.2) is 5.65 Å². The number of nitrogens with zero attached hydrogens (tertiary/aromatic N) is 3.